The van der Waals surface area contributed by atoms with Crippen LogP contribution in [0.4, 0.5) is 13.2 Å². The first-order valence-electron chi connectivity index (χ1n) is 6.46. The summed E-state index contributed by atoms with van der Waals surface area (Å²) in [4.78, 5) is 15.3. The molecule has 0 radical (unpaired) electrons. The predicted octanol–water partition coefficient (Wildman–Crippen LogP) is 2.59. The quantitative estimate of drug-likeness (QED) is 0.927. The van der Waals surface area contributed by atoms with Crippen molar-refractivity contribution in [1.29, 1.82) is 0 Å². The van der Waals surface area contributed by atoms with Crippen LogP contribution >= 0.6 is 11.6 Å². The van der Waals surface area contributed by atoms with Gasteiger partial charge in [0.1, 0.15) is 0 Å². The van der Waals surface area contributed by atoms with E-state index in [1.165, 1.54) is 0 Å². The van der Waals surface area contributed by atoms with Gasteiger partial charge in [0.05, 0.1) is 28.8 Å². The van der Waals surface area contributed by atoms with E-state index in [0.29, 0.717) is 19.3 Å². The number of rotatable bonds is 4. The summed E-state index contributed by atoms with van der Waals surface area (Å²) in [6.45, 7) is 1.07. The summed E-state index contributed by atoms with van der Waals surface area (Å²) in [5.74, 6) is -0.348. The zero-order chi connectivity index (χ0) is 15.5. The Kier molecular flexibility index (Phi) is 5.05. The zero-order valence-electron chi connectivity index (χ0n) is 11.0. The number of halogens is 4. The van der Waals surface area contributed by atoms with Crippen molar-refractivity contribution in [2.75, 3.05) is 13.2 Å². The molecule has 1 aromatic heterocycles. The Morgan fingerprint density at radius 2 is 2.29 bits per heavy atom. The van der Waals surface area contributed by atoms with Gasteiger partial charge >= 0.3 is 6.18 Å². The van der Waals surface area contributed by atoms with E-state index in [1.54, 1.807) is 0 Å². The summed E-state index contributed by atoms with van der Waals surface area (Å²) in [6.07, 6.45) is -2.13. The lowest BCUT2D eigenvalue weighted by Gasteiger charge is -2.12. The molecule has 116 valence electrons. The first-order valence-corrected chi connectivity index (χ1v) is 6.84. The van der Waals surface area contributed by atoms with Crippen LogP contribution in [-0.2, 0) is 22.1 Å². The lowest BCUT2D eigenvalue weighted by molar-refractivity contribution is -0.137. The Labute approximate surface area is 124 Å². The van der Waals surface area contributed by atoms with Crippen LogP contribution in [0.2, 0.25) is 5.02 Å². The molecule has 0 aromatic carbocycles. The maximum absolute atomic E-state index is 12.5. The first kappa shape index (κ1) is 16.0. The molecular formula is C13H14ClF3N2O2. The van der Waals surface area contributed by atoms with E-state index in [9.17, 15) is 18.0 Å². The molecule has 21 heavy (non-hydrogen) atoms. The van der Waals surface area contributed by atoms with E-state index in [4.69, 9.17) is 16.3 Å². The summed E-state index contributed by atoms with van der Waals surface area (Å²) in [7, 11) is 0. The maximum Gasteiger partial charge on any atom is 0.417 e. The van der Waals surface area contributed by atoms with Crippen LogP contribution in [-0.4, -0.2) is 30.1 Å². The molecule has 2 heterocycles. The van der Waals surface area contributed by atoms with Gasteiger partial charge in [-0.15, -0.1) is 0 Å². The Morgan fingerprint density at radius 3 is 2.86 bits per heavy atom. The van der Waals surface area contributed by atoms with E-state index in [-0.39, 0.29) is 29.1 Å². The summed E-state index contributed by atoms with van der Waals surface area (Å²) >= 11 is 5.74. The second-order valence-electron chi connectivity index (χ2n) is 4.77. The maximum atomic E-state index is 12.5. The lowest BCUT2D eigenvalue weighted by Crippen LogP contribution is -2.33. The molecular weight excluding hydrogens is 309 g/mol. The van der Waals surface area contributed by atoms with Crippen molar-refractivity contribution < 1.29 is 22.7 Å². The number of alkyl halides is 3. The minimum absolute atomic E-state index is 0.00462. The molecule has 0 unspecified atom stereocenters. The third-order valence-electron chi connectivity index (χ3n) is 3.12. The summed E-state index contributed by atoms with van der Waals surface area (Å²) in [5.41, 5.74) is -0.814. The Morgan fingerprint density at radius 1 is 1.52 bits per heavy atom. The molecule has 2 rings (SSSR count). The smallest absolute Gasteiger partial charge is 0.376 e. The highest BCUT2D eigenvalue weighted by Crippen LogP contribution is 2.31. The highest BCUT2D eigenvalue weighted by molar-refractivity contribution is 6.31. The molecule has 1 fully saturated rings. The molecule has 4 nitrogen and oxygen atoms in total. The third kappa shape index (κ3) is 4.57. The van der Waals surface area contributed by atoms with Gasteiger partial charge in [-0.1, -0.05) is 11.6 Å². The molecule has 0 aliphatic carbocycles. The van der Waals surface area contributed by atoms with Crippen LogP contribution in [0.1, 0.15) is 24.1 Å². The topological polar surface area (TPSA) is 51.2 Å². The van der Waals surface area contributed by atoms with E-state index in [0.717, 1.165) is 18.9 Å². The molecule has 1 aliphatic heterocycles. The van der Waals surface area contributed by atoms with Crippen molar-refractivity contribution >= 4 is 17.5 Å². The van der Waals surface area contributed by atoms with E-state index in [2.05, 4.69) is 10.3 Å². The monoisotopic (exact) mass is 322 g/mol. The van der Waals surface area contributed by atoms with Gasteiger partial charge in [-0.3, -0.25) is 9.78 Å². The summed E-state index contributed by atoms with van der Waals surface area (Å²) in [6, 6.07) is 0.775. The number of amides is 1. The SMILES string of the molecule is O=C(Cc1ncc(C(F)(F)F)cc1Cl)NC[C@@H]1CCCO1. The molecule has 0 saturated carbocycles. The van der Waals surface area contributed by atoms with Gasteiger partial charge in [-0.25, -0.2) is 0 Å². The van der Waals surface area contributed by atoms with Gasteiger partial charge in [0, 0.05) is 19.3 Å². The van der Waals surface area contributed by atoms with Gasteiger partial charge in [-0.05, 0) is 18.9 Å². The average molecular weight is 323 g/mol. The van der Waals surface area contributed by atoms with Crippen LogP contribution in [0.3, 0.4) is 0 Å². The molecule has 1 N–H and O–H groups in total. The fourth-order valence-electron chi connectivity index (χ4n) is 2.00. The fraction of sp³-hybridized carbons (Fsp3) is 0.538. The number of aromatic nitrogens is 1. The van der Waals surface area contributed by atoms with E-state index in [1.807, 2.05) is 0 Å². The molecule has 1 aliphatic rings. The number of hydrogen-bond acceptors (Lipinski definition) is 3. The van der Waals surface area contributed by atoms with E-state index < -0.39 is 11.7 Å². The molecule has 1 atom stereocenters. The minimum Gasteiger partial charge on any atom is -0.376 e. The summed E-state index contributed by atoms with van der Waals surface area (Å²) < 4.78 is 42.7. The molecule has 1 amide bonds. The normalized spacial score (nSPS) is 18.8. The standard InChI is InChI=1S/C13H14ClF3N2O2/c14-10-4-8(13(15,16)17)6-18-11(10)5-12(20)19-7-9-2-1-3-21-9/h4,6,9H,1-3,5,7H2,(H,19,20)/t9-/m0/s1. The number of nitrogens with one attached hydrogen (secondary N) is 1. The molecule has 8 heteroatoms. The second-order valence-corrected chi connectivity index (χ2v) is 5.17. The number of pyridine rings is 1. The van der Waals surface area contributed by atoms with Crippen molar-refractivity contribution in [2.24, 2.45) is 0 Å². The van der Waals surface area contributed by atoms with Crippen molar-refractivity contribution in [3.63, 3.8) is 0 Å². The average Bonchev–Trinajstić information content (AvgIpc) is 2.91. The fourth-order valence-corrected chi connectivity index (χ4v) is 2.23. The number of carbonyl (C=O) groups is 1. The van der Waals surface area contributed by atoms with Crippen molar-refractivity contribution in [2.45, 2.75) is 31.5 Å². The molecule has 1 aromatic rings. The van der Waals surface area contributed by atoms with E-state index >= 15 is 0 Å². The van der Waals surface area contributed by atoms with Crippen LogP contribution in [0, 0.1) is 0 Å². The van der Waals surface area contributed by atoms with Gasteiger partial charge < -0.3 is 10.1 Å². The van der Waals surface area contributed by atoms with Crippen molar-refractivity contribution in [1.82, 2.24) is 10.3 Å². The highest BCUT2D eigenvalue weighted by atomic mass is 35.5. The Hall–Kier alpha value is -1.34. The molecule has 0 spiro atoms. The van der Waals surface area contributed by atoms with Gasteiger partial charge in [0.2, 0.25) is 5.91 Å². The number of ether oxygens (including phenoxy) is 1. The van der Waals surface area contributed by atoms with Gasteiger partial charge in [0.25, 0.3) is 0 Å². The number of hydrogen-bond donors (Lipinski definition) is 1. The van der Waals surface area contributed by atoms with Crippen LogP contribution in [0.5, 0.6) is 0 Å². The highest BCUT2D eigenvalue weighted by Gasteiger charge is 2.31. The molecule has 0 bridgehead atoms. The Bertz CT molecular complexity index is 517. The van der Waals surface area contributed by atoms with Gasteiger partial charge in [0.15, 0.2) is 0 Å². The minimum atomic E-state index is -4.50. The lowest BCUT2D eigenvalue weighted by atomic mass is 10.2. The van der Waals surface area contributed by atoms with Gasteiger partial charge in [-0.2, -0.15) is 13.2 Å². The number of nitrogens with zero attached hydrogens (tertiary/aromatic N) is 1. The first-order chi connectivity index (χ1) is 9.86. The molecule has 1 saturated heterocycles. The second kappa shape index (κ2) is 6.62. The zero-order valence-corrected chi connectivity index (χ0v) is 11.8. The largest absolute Gasteiger partial charge is 0.417 e. The van der Waals surface area contributed by atoms with Crippen LogP contribution < -0.4 is 5.32 Å². The van der Waals surface area contributed by atoms with Crippen LogP contribution in [0.15, 0.2) is 12.3 Å². The van der Waals surface area contributed by atoms with Crippen molar-refractivity contribution in [3.8, 4) is 0 Å². The predicted molar refractivity (Wildman–Crippen MR) is 69.9 cm³/mol. The third-order valence-corrected chi connectivity index (χ3v) is 3.45. The van der Waals surface area contributed by atoms with Crippen LogP contribution in [0.25, 0.3) is 0 Å². The Balaban J connectivity index is 1.91. The number of carbonyl (C=O) groups excluding carboxylic acids is 1. The van der Waals surface area contributed by atoms with Crippen molar-refractivity contribution in [3.05, 3.63) is 28.5 Å². The summed E-state index contributed by atoms with van der Waals surface area (Å²) in [5, 5.41) is 2.49.